The Morgan fingerprint density at radius 1 is 1.53 bits per heavy atom. The van der Waals surface area contributed by atoms with Crippen molar-refractivity contribution in [1.29, 1.82) is 0 Å². The van der Waals surface area contributed by atoms with Gasteiger partial charge < -0.3 is 4.74 Å². The smallest absolute Gasteiger partial charge is 0.122 e. The van der Waals surface area contributed by atoms with Crippen LogP contribution in [-0.4, -0.2) is 24.7 Å². The average Bonchev–Trinajstić information content (AvgIpc) is 2.68. The molecule has 0 saturated heterocycles. The second-order valence-electron chi connectivity index (χ2n) is 3.83. The van der Waals surface area contributed by atoms with E-state index < -0.39 is 0 Å². The Morgan fingerprint density at radius 3 is 3.13 bits per heavy atom. The van der Waals surface area contributed by atoms with Gasteiger partial charge in [0.2, 0.25) is 0 Å². The number of methoxy groups -OCH3 is 1. The Labute approximate surface area is 90.3 Å². The Bertz CT molecular complexity index is 320. The van der Waals surface area contributed by atoms with E-state index in [1.807, 2.05) is 11.1 Å². The van der Waals surface area contributed by atoms with Crippen molar-refractivity contribution in [3.8, 4) is 0 Å². The summed E-state index contributed by atoms with van der Waals surface area (Å²) in [5.41, 5.74) is 1.21. The second kappa shape index (κ2) is 4.47. The molecule has 1 atom stereocenters. The van der Waals surface area contributed by atoms with Crippen LogP contribution in [-0.2, 0) is 4.74 Å². The van der Waals surface area contributed by atoms with Crippen molar-refractivity contribution in [3.05, 3.63) is 23.6 Å². The van der Waals surface area contributed by atoms with Gasteiger partial charge in [-0.1, -0.05) is 18.6 Å². The SMILES string of the molecule is CCCCN1N=NC2CC(OC)=CC=C21. The molecule has 2 aliphatic rings. The van der Waals surface area contributed by atoms with Gasteiger partial charge in [-0.05, 0) is 18.6 Å². The lowest BCUT2D eigenvalue weighted by Crippen LogP contribution is -2.22. The normalized spacial score (nSPS) is 23.6. The molecule has 4 nitrogen and oxygen atoms in total. The summed E-state index contributed by atoms with van der Waals surface area (Å²) >= 11 is 0. The van der Waals surface area contributed by atoms with E-state index in [9.17, 15) is 0 Å². The number of fused-ring (bicyclic) bond motifs is 1. The molecule has 0 radical (unpaired) electrons. The molecular weight excluding hydrogens is 190 g/mol. The lowest BCUT2D eigenvalue weighted by atomic mass is 10.0. The van der Waals surface area contributed by atoms with Crippen LogP contribution in [0, 0.1) is 0 Å². The van der Waals surface area contributed by atoms with Crippen LogP contribution in [0.15, 0.2) is 33.9 Å². The monoisotopic (exact) mass is 207 g/mol. The minimum absolute atomic E-state index is 0.182. The van der Waals surface area contributed by atoms with Crippen molar-refractivity contribution in [2.45, 2.75) is 32.2 Å². The second-order valence-corrected chi connectivity index (χ2v) is 3.83. The molecule has 0 aromatic heterocycles. The molecule has 15 heavy (non-hydrogen) atoms. The first-order chi connectivity index (χ1) is 7.35. The summed E-state index contributed by atoms with van der Waals surface area (Å²) < 4.78 is 5.21. The first-order valence-corrected chi connectivity index (χ1v) is 5.48. The molecule has 1 unspecified atom stereocenters. The van der Waals surface area contributed by atoms with Crippen LogP contribution in [0.1, 0.15) is 26.2 Å². The summed E-state index contributed by atoms with van der Waals surface area (Å²) in [6, 6.07) is 0.182. The molecule has 0 aromatic carbocycles. The van der Waals surface area contributed by atoms with Crippen molar-refractivity contribution in [2.24, 2.45) is 10.3 Å². The van der Waals surface area contributed by atoms with Gasteiger partial charge in [-0.15, -0.1) is 0 Å². The fourth-order valence-corrected chi connectivity index (χ4v) is 1.82. The van der Waals surface area contributed by atoms with Crippen LogP contribution in [0.4, 0.5) is 0 Å². The highest BCUT2D eigenvalue weighted by Crippen LogP contribution is 2.30. The van der Waals surface area contributed by atoms with Crippen molar-refractivity contribution >= 4 is 0 Å². The zero-order valence-electron chi connectivity index (χ0n) is 9.31. The first kappa shape index (κ1) is 10.2. The topological polar surface area (TPSA) is 37.2 Å². The maximum atomic E-state index is 5.21. The van der Waals surface area contributed by atoms with E-state index in [-0.39, 0.29) is 6.04 Å². The number of unbranched alkanes of at least 4 members (excludes halogenated alkanes) is 1. The van der Waals surface area contributed by atoms with Gasteiger partial charge in [0.1, 0.15) is 6.04 Å². The van der Waals surface area contributed by atoms with Crippen LogP contribution in [0.25, 0.3) is 0 Å². The minimum atomic E-state index is 0.182. The van der Waals surface area contributed by atoms with Gasteiger partial charge in [0.25, 0.3) is 0 Å². The number of hydrogen-bond acceptors (Lipinski definition) is 4. The van der Waals surface area contributed by atoms with Crippen molar-refractivity contribution in [2.75, 3.05) is 13.7 Å². The van der Waals surface area contributed by atoms with E-state index >= 15 is 0 Å². The third-order valence-electron chi connectivity index (χ3n) is 2.76. The molecule has 1 aliphatic carbocycles. The number of ether oxygens (including phenoxy) is 1. The van der Waals surface area contributed by atoms with Gasteiger partial charge in [-0.2, -0.15) is 5.11 Å². The summed E-state index contributed by atoms with van der Waals surface area (Å²) in [7, 11) is 1.70. The van der Waals surface area contributed by atoms with Gasteiger partial charge in [-0.3, -0.25) is 0 Å². The Hall–Kier alpha value is -1.32. The molecule has 1 aliphatic heterocycles. The fraction of sp³-hybridized carbons (Fsp3) is 0.636. The van der Waals surface area contributed by atoms with Crippen molar-refractivity contribution in [3.63, 3.8) is 0 Å². The lowest BCUT2D eigenvalue weighted by molar-refractivity contribution is 0.268. The summed E-state index contributed by atoms with van der Waals surface area (Å²) in [5, 5.41) is 10.5. The molecule has 0 aromatic rings. The van der Waals surface area contributed by atoms with E-state index in [0.717, 1.165) is 25.1 Å². The van der Waals surface area contributed by atoms with Crippen LogP contribution < -0.4 is 0 Å². The molecule has 0 spiro atoms. The molecule has 0 fully saturated rings. The number of allylic oxidation sites excluding steroid dienone is 2. The van der Waals surface area contributed by atoms with E-state index in [4.69, 9.17) is 4.74 Å². The predicted octanol–water partition coefficient (Wildman–Crippen LogP) is 2.66. The van der Waals surface area contributed by atoms with E-state index in [2.05, 4.69) is 23.3 Å². The van der Waals surface area contributed by atoms with E-state index in [1.54, 1.807) is 7.11 Å². The Balaban J connectivity index is 2.04. The highest BCUT2D eigenvalue weighted by Gasteiger charge is 2.28. The highest BCUT2D eigenvalue weighted by molar-refractivity contribution is 5.27. The van der Waals surface area contributed by atoms with Crippen LogP contribution >= 0.6 is 0 Å². The first-order valence-electron chi connectivity index (χ1n) is 5.48. The fourth-order valence-electron chi connectivity index (χ4n) is 1.82. The molecule has 0 bridgehead atoms. The molecule has 0 N–H and O–H groups in total. The third-order valence-corrected chi connectivity index (χ3v) is 2.76. The summed E-state index contributed by atoms with van der Waals surface area (Å²) in [4.78, 5) is 0. The molecule has 82 valence electrons. The Morgan fingerprint density at radius 2 is 2.40 bits per heavy atom. The van der Waals surface area contributed by atoms with Crippen molar-refractivity contribution < 1.29 is 4.74 Å². The van der Waals surface area contributed by atoms with Crippen LogP contribution in [0.3, 0.4) is 0 Å². The van der Waals surface area contributed by atoms with E-state index in [1.165, 1.54) is 12.1 Å². The summed E-state index contributed by atoms with van der Waals surface area (Å²) in [6.07, 6.45) is 7.27. The van der Waals surface area contributed by atoms with Crippen molar-refractivity contribution in [1.82, 2.24) is 5.01 Å². The molecule has 4 heteroatoms. The predicted molar refractivity (Wildman–Crippen MR) is 58.1 cm³/mol. The quantitative estimate of drug-likeness (QED) is 0.710. The van der Waals surface area contributed by atoms with Gasteiger partial charge in [-0.25, -0.2) is 5.01 Å². The van der Waals surface area contributed by atoms with Gasteiger partial charge in [0.05, 0.1) is 18.6 Å². The highest BCUT2D eigenvalue weighted by atomic mass is 16.5. The van der Waals surface area contributed by atoms with E-state index in [0.29, 0.717) is 0 Å². The van der Waals surface area contributed by atoms with Crippen LogP contribution in [0.5, 0.6) is 0 Å². The third kappa shape index (κ3) is 2.03. The number of hydrogen-bond donors (Lipinski definition) is 0. The van der Waals surface area contributed by atoms with Gasteiger partial charge >= 0.3 is 0 Å². The largest absolute Gasteiger partial charge is 0.501 e. The van der Waals surface area contributed by atoms with Crippen LogP contribution in [0.2, 0.25) is 0 Å². The minimum Gasteiger partial charge on any atom is -0.501 e. The zero-order chi connectivity index (χ0) is 10.7. The molecule has 0 saturated carbocycles. The molecule has 0 amide bonds. The average molecular weight is 207 g/mol. The van der Waals surface area contributed by atoms with Gasteiger partial charge in [0, 0.05) is 13.0 Å². The standard InChI is InChI=1S/C11H17N3O/c1-3-4-7-14-11-6-5-9(15-2)8-10(11)12-13-14/h5-6,10H,3-4,7-8H2,1-2H3. The summed E-state index contributed by atoms with van der Waals surface area (Å²) in [5.74, 6) is 0.986. The molecule has 2 rings (SSSR count). The maximum Gasteiger partial charge on any atom is 0.122 e. The maximum absolute atomic E-state index is 5.21. The molecule has 1 heterocycles. The lowest BCUT2D eigenvalue weighted by Gasteiger charge is -2.20. The number of rotatable bonds is 4. The van der Waals surface area contributed by atoms with Gasteiger partial charge in [0.15, 0.2) is 0 Å². The Kier molecular flexibility index (Phi) is 3.04. The number of nitrogens with zero attached hydrogens (tertiary/aromatic N) is 3. The molecular formula is C11H17N3O. The zero-order valence-corrected chi connectivity index (χ0v) is 9.31. The summed E-state index contributed by atoms with van der Waals surface area (Å²) in [6.45, 7) is 3.15.